The smallest absolute Gasteiger partial charge is 0.270 e. The lowest BCUT2D eigenvalue weighted by atomic mass is 10.1. The number of rotatable bonds is 7. The topological polar surface area (TPSA) is 72.2 Å². The van der Waals surface area contributed by atoms with E-state index >= 15 is 0 Å². The van der Waals surface area contributed by atoms with Crippen LogP contribution in [0.25, 0.3) is 6.08 Å². The van der Waals surface area contributed by atoms with Crippen molar-refractivity contribution in [3.8, 4) is 0 Å². The highest BCUT2D eigenvalue weighted by atomic mass is 16.6. The number of non-ortho nitro benzene ring substituents is 1. The van der Waals surface area contributed by atoms with Crippen molar-refractivity contribution in [1.82, 2.24) is 5.32 Å². The molecule has 0 unspecified atom stereocenters. The Labute approximate surface area is 141 Å². The number of hydrogen-bond donors (Lipinski definition) is 1. The lowest BCUT2D eigenvalue weighted by Crippen LogP contribution is -2.31. The van der Waals surface area contributed by atoms with Crippen LogP contribution in [0, 0.1) is 10.1 Å². The third-order valence-electron chi connectivity index (χ3n) is 3.61. The molecule has 0 aliphatic carbocycles. The van der Waals surface area contributed by atoms with Gasteiger partial charge in [0, 0.05) is 24.3 Å². The Kier molecular flexibility index (Phi) is 6.25. The number of nitrogens with one attached hydrogen (secondary N) is 1. The van der Waals surface area contributed by atoms with E-state index in [-0.39, 0.29) is 17.6 Å². The average molecular weight is 324 g/mol. The van der Waals surface area contributed by atoms with Crippen LogP contribution in [-0.4, -0.2) is 16.9 Å². The van der Waals surface area contributed by atoms with Gasteiger partial charge in [-0.3, -0.25) is 14.9 Å². The molecule has 2 aromatic carbocycles. The Morgan fingerprint density at radius 1 is 1.21 bits per heavy atom. The number of nitro groups is 1. The van der Waals surface area contributed by atoms with Crippen LogP contribution in [0.3, 0.4) is 0 Å². The number of nitrogens with zero attached hydrogens (tertiary/aromatic N) is 1. The second-order valence-corrected chi connectivity index (χ2v) is 5.62. The molecule has 2 aromatic rings. The lowest BCUT2D eigenvalue weighted by molar-refractivity contribution is -0.384. The minimum Gasteiger partial charge on any atom is -0.350 e. The predicted octanol–water partition coefficient (Wildman–Crippen LogP) is 3.75. The normalized spacial score (nSPS) is 12.0. The van der Waals surface area contributed by atoms with Crippen molar-refractivity contribution >= 4 is 17.7 Å². The minimum atomic E-state index is -0.455. The monoisotopic (exact) mass is 324 g/mol. The summed E-state index contributed by atoms with van der Waals surface area (Å²) in [6, 6.07) is 16.3. The summed E-state index contributed by atoms with van der Waals surface area (Å²) in [6.07, 6.45) is 4.72. The van der Waals surface area contributed by atoms with Gasteiger partial charge in [-0.05, 0) is 37.0 Å². The number of carbonyl (C=O) groups excluding carboxylic acids is 1. The fourth-order valence-electron chi connectivity index (χ4n) is 2.30. The molecule has 0 fully saturated rings. The first kappa shape index (κ1) is 17.4. The van der Waals surface area contributed by atoms with Crippen LogP contribution in [0.15, 0.2) is 60.7 Å². The maximum absolute atomic E-state index is 11.9. The molecular weight excluding hydrogens is 304 g/mol. The largest absolute Gasteiger partial charge is 0.350 e. The zero-order valence-electron chi connectivity index (χ0n) is 13.5. The number of carbonyl (C=O) groups is 1. The van der Waals surface area contributed by atoms with E-state index in [9.17, 15) is 14.9 Å². The van der Waals surface area contributed by atoms with E-state index < -0.39 is 4.92 Å². The third-order valence-corrected chi connectivity index (χ3v) is 3.61. The Hall–Kier alpha value is -2.95. The zero-order valence-corrected chi connectivity index (χ0v) is 13.5. The molecule has 0 saturated heterocycles. The van der Waals surface area contributed by atoms with Gasteiger partial charge in [0.05, 0.1) is 4.92 Å². The Morgan fingerprint density at radius 3 is 2.67 bits per heavy atom. The second-order valence-electron chi connectivity index (χ2n) is 5.62. The van der Waals surface area contributed by atoms with Crippen molar-refractivity contribution in [2.45, 2.75) is 25.8 Å². The van der Waals surface area contributed by atoms with E-state index in [0.717, 1.165) is 12.8 Å². The van der Waals surface area contributed by atoms with Gasteiger partial charge in [0.25, 0.3) is 5.69 Å². The summed E-state index contributed by atoms with van der Waals surface area (Å²) in [7, 11) is 0. The zero-order chi connectivity index (χ0) is 17.4. The van der Waals surface area contributed by atoms with Gasteiger partial charge in [-0.15, -0.1) is 0 Å². The molecule has 0 spiro atoms. The van der Waals surface area contributed by atoms with Gasteiger partial charge in [-0.2, -0.15) is 0 Å². The number of nitro benzene ring substituents is 1. The number of amides is 1. The fourth-order valence-corrected chi connectivity index (χ4v) is 2.30. The van der Waals surface area contributed by atoms with Gasteiger partial charge in [-0.25, -0.2) is 0 Å². The molecule has 0 aromatic heterocycles. The first-order valence-corrected chi connectivity index (χ1v) is 7.81. The molecule has 0 radical (unpaired) electrons. The van der Waals surface area contributed by atoms with Crippen LogP contribution in [0.1, 0.15) is 24.5 Å². The summed E-state index contributed by atoms with van der Waals surface area (Å²) in [5.74, 6) is -0.206. The van der Waals surface area contributed by atoms with E-state index in [1.165, 1.54) is 23.8 Å². The van der Waals surface area contributed by atoms with Gasteiger partial charge in [0.15, 0.2) is 0 Å². The Bertz CT molecular complexity index is 726. The molecule has 2 rings (SSSR count). The molecule has 0 heterocycles. The van der Waals surface area contributed by atoms with Crippen molar-refractivity contribution in [2.75, 3.05) is 0 Å². The molecule has 0 aliphatic heterocycles. The van der Waals surface area contributed by atoms with Crippen molar-refractivity contribution < 1.29 is 9.72 Å². The molecular formula is C19H20N2O3. The van der Waals surface area contributed by atoms with Crippen LogP contribution in [0.4, 0.5) is 5.69 Å². The minimum absolute atomic E-state index is 0.00814. The summed E-state index contributed by atoms with van der Waals surface area (Å²) in [5.41, 5.74) is 1.87. The highest BCUT2D eigenvalue weighted by molar-refractivity contribution is 5.91. The van der Waals surface area contributed by atoms with Crippen molar-refractivity contribution in [3.63, 3.8) is 0 Å². The van der Waals surface area contributed by atoms with E-state index in [2.05, 4.69) is 17.4 Å². The van der Waals surface area contributed by atoms with Crippen LogP contribution in [0.5, 0.6) is 0 Å². The Balaban J connectivity index is 1.83. The van der Waals surface area contributed by atoms with E-state index in [4.69, 9.17) is 0 Å². The molecule has 1 amide bonds. The second kappa shape index (κ2) is 8.62. The Morgan fingerprint density at radius 2 is 1.96 bits per heavy atom. The van der Waals surface area contributed by atoms with Gasteiger partial charge in [-0.1, -0.05) is 42.5 Å². The van der Waals surface area contributed by atoms with Crippen molar-refractivity contribution in [2.24, 2.45) is 0 Å². The molecule has 124 valence electrons. The molecule has 5 nitrogen and oxygen atoms in total. The van der Waals surface area contributed by atoms with Crippen LogP contribution >= 0.6 is 0 Å². The first-order valence-electron chi connectivity index (χ1n) is 7.81. The number of benzene rings is 2. The summed E-state index contributed by atoms with van der Waals surface area (Å²) < 4.78 is 0. The SMILES string of the molecule is C[C@@H](CCc1ccccc1)NC(=O)/C=C/c1cccc([N+](=O)[O-])c1. The van der Waals surface area contributed by atoms with E-state index in [1.54, 1.807) is 18.2 Å². The molecule has 0 bridgehead atoms. The van der Waals surface area contributed by atoms with Crippen LogP contribution < -0.4 is 5.32 Å². The standard InChI is InChI=1S/C19H20N2O3/c1-15(10-11-16-6-3-2-4-7-16)20-19(22)13-12-17-8-5-9-18(14-17)21(23)24/h2-9,12-15H,10-11H2,1H3,(H,20,22)/b13-12+/t15-/m0/s1. The maximum atomic E-state index is 11.9. The number of aryl methyl sites for hydroxylation is 1. The lowest BCUT2D eigenvalue weighted by Gasteiger charge is -2.12. The highest BCUT2D eigenvalue weighted by Gasteiger charge is 2.06. The fraction of sp³-hybridized carbons (Fsp3) is 0.211. The molecule has 1 N–H and O–H groups in total. The van der Waals surface area contributed by atoms with Crippen LogP contribution in [-0.2, 0) is 11.2 Å². The maximum Gasteiger partial charge on any atom is 0.270 e. The van der Waals surface area contributed by atoms with Crippen molar-refractivity contribution in [1.29, 1.82) is 0 Å². The van der Waals surface area contributed by atoms with E-state index in [0.29, 0.717) is 5.56 Å². The molecule has 24 heavy (non-hydrogen) atoms. The van der Waals surface area contributed by atoms with Gasteiger partial charge in [0.1, 0.15) is 0 Å². The van der Waals surface area contributed by atoms with Gasteiger partial charge >= 0.3 is 0 Å². The third kappa shape index (κ3) is 5.68. The summed E-state index contributed by atoms with van der Waals surface area (Å²) in [6.45, 7) is 1.96. The molecule has 1 atom stereocenters. The summed E-state index contributed by atoms with van der Waals surface area (Å²) >= 11 is 0. The highest BCUT2D eigenvalue weighted by Crippen LogP contribution is 2.14. The van der Waals surface area contributed by atoms with Gasteiger partial charge in [0.2, 0.25) is 5.91 Å². The predicted molar refractivity (Wildman–Crippen MR) is 94.5 cm³/mol. The molecule has 0 saturated carbocycles. The van der Waals surface area contributed by atoms with Crippen molar-refractivity contribution in [3.05, 3.63) is 81.9 Å². The van der Waals surface area contributed by atoms with E-state index in [1.807, 2.05) is 25.1 Å². The first-order chi connectivity index (χ1) is 11.5. The number of hydrogen-bond acceptors (Lipinski definition) is 3. The molecule has 5 heteroatoms. The average Bonchev–Trinajstić information content (AvgIpc) is 2.59. The van der Waals surface area contributed by atoms with Gasteiger partial charge < -0.3 is 5.32 Å². The summed E-state index contributed by atoms with van der Waals surface area (Å²) in [4.78, 5) is 22.2. The van der Waals surface area contributed by atoms with Crippen LogP contribution in [0.2, 0.25) is 0 Å². The quantitative estimate of drug-likeness (QED) is 0.479. The molecule has 0 aliphatic rings. The summed E-state index contributed by atoms with van der Waals surface area (Å²) in [5, 5.41) is 13.6.